The summed E-state index contributed by atoms with van der Waals surface area (Å²) < 4.78 is 107. The lowest BCUT2D eigenvalue weighted by atomic mass is 9.94. The number of carbonyl (C=O) groups excluding carboxylic acids is 1. The van der Waals surface area contributed by atoms with Crippen molar-refractivity contribution in [3.63, 3.8) is 0 Å². The quantitative estimate of drug-likeness (QED) is 0.117. The first-order valence-corrected chi connectivity index (χ1v) is 19.6. The van der Waals surface area contributed by atoms with E-state index in [1.54, 1.807) is 49.5 Å². The van der Waals surface area contributed by atoms with Crippen LogP contribution in [0.5, 0.6) is 23.1 Å². The molecule has 1 amide bonds. The Bertz CT molecular complexity index is 2370. The number of halogens is 6. The third kappa shape index (κ3) is 9.02. The van der Waals surface area contributed by atoms with Crippen LogP contribution in [0.3, 0.4) is 0 Å². The Labute approximate surface area is 343 Å². The Hall–Kier alpha value is -5.39. The van der Waals surface area contributed by atoms with Gasteiger partial charge in [-0.15, -0.1) is 0 Å². The Balaban J connectivity index is 1.43. The second kappa shape index (κ2) is 17.3. The molecule has 7 rings (SSSR count). The number of ether oxygens (including phenoxy) is 3. The smallest absolute Gasteiger partial charge is 0.416 e. The molecule has 60 heavy (non-hydrogen) atoms. The number of hydrogen-bond donors (Lipinski definition) is 1. The first kappa shape index (κ1) is 42.7. The van der Waals surface area contributed by atoms with Crippen molar-refractivity contribution in [1.82, 2.24) is 29.2 Å². The fourth-order valence-corrected chi connectivity index (χ4v) is 8.27. The molecule has 17 heteroatoms. The van der Waals surface area contributed by atoms with Crippen LogP contribution < -0.4 is 19.5 Å². The van der Waals surface area contributed by atoms with Crippen molar-refractivity contribution < 1.29 is 45.3 Å². The number of para-hydroxylation sites is 1. The molecule has 2 saturated heterocycles. The van der Waals surface area contributed by atoms with Crippen LogP contribution in [0, 0.1) is 0 Å². The molecule has 3 aromatic carbocycles. The van der Waals surface area contributed by atoms with Gasteiger partial charge in [0, 0.05) is 60.0 Å². The zero-order valence-corrected chi connectivity index (χ0v) is 34.1. The molecule has 0 aliphatic carbocycles. The molecule has 11 nitrogen and oxygen atoms in total. The SMILES string of the molecule is COc1c(CN2CCCC2)cc(C(F)(F)F)cc1NC(=O)c1c(-c2cc(C(F)(F)F)cc(CN(C)C)c2OC)c2cccc(Oc3ccnc(CN4CCCC4)n3)c2n1C. The molecule has 4 heterocycles. The second-order valence-corrected chi connectivity index (χ2v) is 15.4. The highest BCUT2D eigenvalue weighted by Gasteiger charge is 2.37. The van der Waals surface area contributed by atoms with Crippen LogP contribution >= 0.6 is 0 Å². The molecule has 0 unspecified atom stereocenters. The summed E-state index contributed by atoms with van der Waals surface area (Å²) in [6, 6.07) is 10.2. The molecule has 0 radical (unpaired) electrons. The number of likely N-dealkylation sites (tertiary alicyclic amines) is 2. The van der Waals surface area contributed by atoms with E-state index in [0.717, 1.165) is 63.0 Å². The van der Waals surface area contributed by atoms with Crippen molar-refractivity contribution >= 4 is 22.5 Å². The summed E-state index contributed by atoms with van der Waals surface area (Å²) in [7, 11) is 7.57. The maximum atomic E-state index is 14.9. The molecular weight excluding hydrogens is 793 g/mol. The van der Waals surface area contributed by atoms with Gasteiger partial charge < -0.3 is 29.0 Å². The second-order valence-electron chi connectivity index (χ2n) is 15.4. The topological polar surface area (TPSA) is 97.2 Å². The van der Waals surface area contributed by atoms with Crippen molar-refractivity contribution in [1.29, 1.82) is 0 Å². The summed E-state index contributed by atoms with van der Waals surface area (Å²) >= 11 is 0. The predicted octanol–water partition coefficient (Wildman–Crippen LogP) is 8.99. The molecule has 1 N–H and O–H groups in total. The Morgan fingerprint density at radius 2 is 1.43 bits per heavy atom. The molecule has 0 saturated carbocycles. The Kier molecular flexibility index (Phi) is 12.3. The number of nitrogens with zero attached hydrogens (tertiary/aromatic N) is 6. The molecular formula is C43H47F6N7O4. The maximum absolute atomic E-state index is 14.9. The zero-order chi connectivity index (χ0) is 42.9. The average Bonchev–Trinajstić information content (AvgIpc) is 3.96. The molecule has 2 aromatic heterocycles. The van der Waals surface area contributed by atoms with Gasteiger partial charge in [-0.1, -0.05) is 12.1 Å². The number of hydrogen-bond acceptors (Lipinski definition) is 9. The first-order chi connectivity index (χ1) is 28.5. The highest BCUT2D eigenvalue weighted by atomic mass is 19.4. The van der Waals surface area contributed by atoms with E-state index in [9.17, 15) is 31.1 Å². The number of methoxy groups -OCH3 is 2. The van der Waals surface area contributed by atoms with E-state index >= 15 is 0 Å². The summed E-state index contributed by atoms with van der Waals surface area (Å²) in [4.78, 5) is 29.8. The summed E-state index contributed by atoms with van der Waals surface area (Å²) in [6.45, 7) is 3.94. The first-order valence-electron chi connectivity index (χ1n) is 19.6. The number of benzene rings is 3. The molecule has 0 atom stereocenters. The number of alkyl halides is 6. The monoisotopic (exact) mass is 839 g/mol. The van der Waals surface area contributed by atoms with Gasteiger partial charge in [0.1, 0.15) is 23.0 Å². The minimum atomic E-state index is -4.79. The predicted molar refractivity (Wildman–Crippen MR) is 214 cm³/mol. The van der Waals surface area contributed by atoms with Gasteiger partial charge in [0.2, 0.25) is 5.88 Å². The third-order valence-corrected chi connectivity index (χ3v) is 10.8. The van der Waals surface area contributed by atoms with Crippen LogP contribution in [0.1, 0.15) is 64.2 Å². The molecule has 2 aliphatic heterocycles. The number of anilines is 1. The maximum Gasteiger partial charge on any atom is 0.416 e. The minimum Gasteiger partial charge on any atom is -0.496 e. The van der Waals surface area contributed by atoms with Crippen LogP contribution in [0.2, 0.25) is 0 Å². The van der Waals surface area contributed by atoms with Gasteiger partial charge >= 0.3 is 12.4 Å². The van der Waals surface area contributed by atoms with Crippen molar-refractivity contribution in [2.75, 3.05) is 59.8 Å². The average molecular weight is 840 g/mol. The van der Waals surface area contributed by atoms with Gasteiger partial charge in [0.25, 0.3) is 5.91 Å². The van der Waals surface area contributed by atoms with E-state index < -0.39 is 29.4 Å². The summed E-state index contributed by atoms with van der Waals surface area (Å²) in [5.41, 5.74) is -1.71. The van der Waals surface area contributed by atoms with Crippen molar-refractivity contribution in [2.24, 2.45) is 7.05 Å². The summed E-state index contributed by atoms with van der Waals surface area (Å²) in [5, 5.41) is 2.98. The van der Waals surface area contributed by atoms with Gasteiger partial charge in [-0.25, -0.2) is 4.98 Å². The highest BCUT2D eigenvalue weighted by Crippen LogP contribution is 2.47. The number of rotatable bonds is 13. The van der Waals surface area contributed by atoms with Gasteiger partial charge in [-0.3, -0.25) is 14.6 Å². The largest absolute Gasteiger partial charge is 0.496 e. The summed E-state index contributed by atoms with van der Waals surface area (Å²) in [6.07, 6.45) is -4.04. The minimum absolute atomic E-state index is 0.0333. The fourth-order valence-electron chi connectivity index (χ4n) is 8.27. The third-order valence-electron chi connectivity index (χ3n) is 10.8. The lowest BCUT2D eigenvalue weighted by Crippen LogP contribution is -2.21. The van der Waals surface area contributed by atoms with Gasteiger partial charge in [-0.2, -0.15) is 31.3 Å². The number of nitrogens with one attached hydrogen (secondary N) is 1. The highest BCUT2D eigenvalue weighted by molar-refractivity contribution is 6.16. The zero-order valence-electron chi connectivity index (χ0n) is 34.1. The van der Waals surface area contributed by atoms with Crippen LogP contribution in [0.4, 0.5) is 32.0 Å². The van der Waals surface area contributed by atoms with E-state index in [1.165, 1.54) is 25.8 Å². The lowest BCUT2D eigenvalue weighted by molar-refractivity contribution is -0.138. The van der Waals surface area contributed by atoms with E-state index in [-0.39, 0.29) is 69.9 Å². The van der Waals surface area contributed by atoms with E-state index in [4.69, 9.17) is 14.2 Å². The Morgan fingerprint density at radius 1 is 0.817 bits per heavy atom. The van der Waals surface area contributed by atoms with Crippen molar-refractivity contribution in [3.8, 4) is 34.3 Å². The van der Waals surface area contributed by atoms with Crippen molar-refractivity contribution in [3.05, 3.63) is 88.5 Å². The van der Waals surface area contributed by atoms with Crippen LogP contribution in [-0.4, -0.2) is 89.6 Å². The van der Waals surface area contributed by atoms with Crippen LogP contribution in [0.15, 0.2) is 54.7 Å². The molecule has 0 spiro atoms. The molecule has 2 aliphatic rings. The van der Waals surface area contributed by atoms with Gasteiger partial charge in [0.15, 0.2) is 5.75 Å². The van der Waals surface area contributed by atoms with Crippen molar-refractivity contribution in [2.45, 2.75) is 57.7 Å². The lowest BCUT2D eigenvalue weighted by Gasteiger charge is -2.22. The molecule has 0 bridgehead atoms. The van der Waals surface area contributed by atoms with Crippen LogP contribution in [-0.2, 0) is 39.0 Å². The fraction of sp³-hybridized carbons (Fsp3) is 0.419. The number of aromatic nitrogens is 3. The number of fused-ring (bicyclic) bond motifs is 1. The van der Waals surface area contributed by atoms with Crippen LogP contribution in [0.25, 0.3) is 22.0 Å². The number of aryl methyl sites for hydroxylation is 1. The number of carbonyl (C=O) groups is 1. The standard InChI is InChI=1S/C43H47F6N7O4/c1-53(2)23-26-19-28(42(44,45)46)21-31(39(26)58-4)36-30-11-10-12-33(60-35-13-14-50-34(52-35)25-56-17-8-9-18-56)37(30)54(3)38(36)41(57)51-32-22-29(43(47,48)49)20-27(40(32)59-5)24-55-15-6-7-16-55/h10-14,19-22H,6-9,15-18,23-25H2,1-5H3,(H,51,57). The molecule has 2 fully saturated rings. The number of amides is 1. The van der Waals surface area contributed by atoms with E-state index in [1.807, 2.05) is 4.90 Å². The Morgan fingerprint density at radius 3 is 2.05 bits per heavy atom. The van der Waals surface area contributed by atoms with E-state index in [2.05, 4.69) is 20.2 Å². The van der Waals surface area contributed by atoms with Gasteiger partial charge in [0.05, 0.1) is 43.1 Å². The molecule has 320 valence electrons. The van der Waals surface area contributed by atoms with E-state index in [0.29, 0.717) is 36.4 Å². The summed E-state index contributed by atoms with van der Waals surface area (Å²) in [5.74, 6) is 0.149. The normalized spacial score (nSPS) is 15.3. The molecule has 5 aromatic rings. The van der Waals surface area contributed by atoms with Gasteiger partial charge in [-0.05, 0) is 96.3 Å².